The van der Waals surface area contributed by atoms with Gasteiger partial charge in [-0.25, -0.2) is 9.59 Å². The van der Waals surface area contributed by atoms with Crippen LogP contribution in [0.25, 0.3) is 10.8 Å². The molecule has 2 aromatic carbocycles. The van der Waals surface area contributed by atoms with Gasteiger partial charge < -0.3 is 9.94 Å². The molecule has 2 aromatic rings. The van der Waals surface area contributed by atoms with E-state index in [-0.39, 0.29) is 11.1 Å². The summed E-state index contributed by atoms with van der Waals surface area (Å²) in [6.45, 7) is 0. The molecule has 0 aliphatic rings. The number of carbonyl (C=O) groups excluding carboxylic acids is 1. The third kappa shape index (κ3) is 1.83. The number of hydrogen-bond donors (Lipinski definition) is 2. The Morgan fingerprint density at radius 1 is 1.06 bits per heavy atom. The molecular weight excluding hydrogens is 222 g/mol. The van der Waals surface area contributed by atoms with Gasteiger partial charge in [-0.15, -0.1) is 0 Å². The first kappa shape index (κ1) is 11.1. The lowest BCUT2D eigenvalue weighted by Crippen LogP contribution is -2.12. The summed E-state index contributed by atoms with van der Waals surface area (Å²) < 4.78 is 0. The number of aromatic carboxylic acids is 1. The van der Waals surface area contributed by atoms with E-state index >= 15 is 0 Å². The molecule has 0 unspecified atom stereocenters. The van der Waals surface area contributed by atoms with Gasteiger partial charge in [-0.05, 0) is 17.5 Å². The number of hydrogen-bond acceptors (Lipinski definition) is 4. The van der Waals surface area contributed by atoms with E-state index in [4.69, 9.17) is 11.0 Å². The monoisotopic (exact) mass is 231 g/mol. The number of carbonyl (C=O) groups is 2. The van der Waals surface area contributed by atoms with Crippen LogP contribution < -0.4 is 5.90 Å². The maximum absolute atomic E-state index is 11.5. The quantitative estimate of drug-likeness (QED) is 0.765. The minimum Gasteiger partial charge on any atom is -0.478 e. The summed E-state index contributed by atoms with van der Waals surface area (Å²) in [5, 5.41) is 10.1. The smallest absolute Gasteiger partial charge is 0.357 e. The normalized spacial score (nSPS) is 10.2. The highest BCUT2D eigenvalue weighted by Crippen LogP contribution is 2.23. The summed E-state index contributed by atoms with van der Waals surface area (Å²) >= 11 is 0. The lowest BCUT2D eigenvalue weighted by atomic mass is 9.99. The van der Waals surface area contributed by atoms with Crippen LogP contribution in [0.15, 0.2) is 36.4 Å². The van der Waals surface area contributed by atoms with Gasteiger partial charge in [0.2, 0.25) is 0 Å². The van der Waals surface area contributed by atoms with E-state index in [9.17, 15) is 9.59 Å². The summed E-state index contributed by atoms with van der Waals surface area (Å²) in [5.74, 6) is 2.96. The van der Waals surface area contributed by atoms with Gasteiger partial charge in [0, 0.05) is 5.39 Å². The van der Waals surface area contributed by atoms with E-state index < -0.39 is 11.9 Å². The zero-order valence-electron chi connectivity index (χ0n) is 8.71. The molecule has 0 aliphatic heterocycles. The minimum absolute atomic E-state index is 0.0449. The van der Waals surface area contributed by atoms with Gasteiger partial charge in [0.1, 0.15) is 0 Å². The van der Waals surface area contributed by atoms with Gasteiger partial charge in [-0.3, -0.25) is 0 Å². The average Bonchev–Trinajstić information content (AvgIpc) is 2.36. The van der Waals surface area contributed by atoms with Crippen molar-refractivity contribution < 1.29 is 19.5 Å². The maximum atomic E-state index is 11.5. The second kappa shape index (κ2) is 4.23. The predicted molar refractivity (Wildman–Crippen MR) is 60.5 cm³/mol. The Morgan fingerprint density at radius 3 is 2.18 bits per heavy atom. The molecule has 0 heterocycles. The Hall–Kier alpha value is -2.40. The predicted octanol–water partition coefficient (Wildman–Crippen LogP) is 1.57. The molecule has 0 bridgehead atoms. The largest absolute Gasteiger partial charge is 0.478 e. The van der Waals surface area contributed by atoms with Crippen LogP contribution in [0.2, 0.25) is 0 Å². The number of rotatable bonds is 2. The van der Waals surface area contributed by atoms with Gasteiger partial charge in [0.05, 0.1) is 11.1 Å². The van der Waals surface area contributed by atoms with Crippen molar-refractivity contribution in [3.8, 4) is 0 Å². The molecule has 5 heteroatoms. The van der Waals surface area contributed by atoms with Crippen molar-refractivity contribution in [2.45, 2.75) is 0 Å². The SMILES string of the molecule is NOC(=O)c1cccc2cccc(C(=O)O)c12. The zero-order valence-corrected chi connectivity index (χ0v) is 8.71. The summed E-state index contributed by atoms with van der Waals surface area (Å²) in [6, 6.07) is 9.59. The molecule has 0 saturated carbocycles. The van der Waals surface area contributed by atoms with Crippen molar-refractivity contribution in [2.24, 2.45) is 5.90 Å². The summed E-state index contributed by atoms with van der Waals surface area (Å²) in [7, 11) is 0. The molecule has 5 nitrogen and oxygen atoms in total. The lowest BCUT2D eigenvalue weighted by Gasteiger charge is -2.06. The molecule has 0 aliphatic carbocycles. The van der Waals surface area contributed by atoms with E-state index in [1.165, 1.54) is 12.1 Å². The molecule has 0 radical (unpaired) electrons. The average molecular weight is 231 g/mol. The van der Waals surface area contributed by atoms with Crippen molar-refractivity contribution in [1.29, 1.82) is 0 Å². The number of carboxylic acids is 1. The highest BCUT2D eigenvalue weighted by atomic mass is 16.7. The molecule has 0 aromatic heterocycles. The standard InChI is InChI=1S/C12H9NO4/c13-17-12(16)9-6-2-4-7-3-1-5-8(10(7)9)11(14)15/h1-6H,13H2,(H,14,15). The Labute approximate surface area is 96.4 Å². The van der Waals surface area contributed by atoms with Gasteiger partial charge in [0.25, 0.3) is 0 Å². The van der Waals surface area contributed by atoms with E-state index in [1.54, 1.807) is 24.3 Å². The second-order valence-corrected chi connectivity index (χ2v) is 3.42. The molecule has 2 rings (SSSR count). The van der Waals surface area contributed by atoms with Crippen molar-refractivity contribution in [3.63, 3.8) is 0 Å². The van der Waals surface area contributed by atoms with Crippen molar-refractivity contribution in [2.75, 3.05) is 0 Å². The number of benzene rings is 2. The van der Waals surface area contributed by atoms with Gasteiger partial charge >= 0.3 is 11.9 Å². The van der Waals surface area contributed by atoms with E-state index in [0.29, 0.717) is 10.8 Å². The first-order chi connectivity index (χ1) is 8.15. The summed E-state index contributed by atoms with van der Waals surface area (Å²) in [4.78, 5) is 26.7. The Balaban J connectivity index is 2.85. The fourth-order valence-corrected chi connectivity index (χ4v) is 1.75. The van der Waals surface area contributed by atoms with Crippen molar-refractivity contribution >= 4 is 22.7 Å². The van der Waals surface area contributed by atoms with Crippen LogP contribution in [0.1, 0.15) is 20.7 Å². The third-order valence-corrected chi connectivity index (χ3v) is 2.46. The topological polar surface area (TPSA) is 89.6 Å². The highest BCUT2D eigenvalue weighted by molar-refractivity contribution is 6.12. The number of nitrogens with two attached hydrogens (primary N) is 1. The molecule has 0 atom stereocenters. The molecule has 17 heavy (non-hydrogen) atoms. The van der Waals surface area contributed by atoms with Crippen molar-refractivity contribution in [3.05, 3.63) is 47.5 Å². The van der Waals surface area contributed by atoms with E-state index in [2.05, 4.69) is 4.84 Å². The van der Waals surface area contributed by atoms with Gasteiger partial charge in [-0.1, -0.05) is 24.3 Å². The molecular formula is C12H9NO4. The van der Waals surface area contributed by atoms with E-state index in [0.717, 1.165) is 0 Å². The Kier molecular flexibility index (Phi) is 2.76. The molecule has 0 saturated heterocycles. The van der Waals surface area contributed by atoms with Crippen LogP contribution in [0.4, 0.5) is 0 Å². The zero-order chi connectivity index (χ0) is 12.4. The van der Waals surface area contributed by atoms with Crippen LogP contribution in [0.3, 0.4) is 0 Å². The maximum Gasteiger partial charge on any atom is 0.357 e. The van der Waals surface area contributed by atoms with Crippen LogP contribution in [0, 0.1) is 0 Å². The molecule has 0 spiro atoms. The fourth-order valence-electron chi connectivity index (χ4n) is 1.75. The first-order valence-corrected chi connectivity index (χ1v) is 4.81. The molecule has 86 valence electrons. The van der Waals surface area contributed by atoms with E-state index in [1.807, 2.05) is 0 Å². The van der Waals surface area contributed by atoms with Crippen LogP contribution in [0.5, 0.6) is 0 Å². The summed E-state index contributed by atoms with van der Waals surface area (Å²) in [6.07, 6.45) is 0. The van der Waals surface area contributed by atoms with Gasteiger partial charge in [-0.2, -0.15) is 5.90 Å². The number of fused-ring (bicyclic) bond motifs is 1. The molecule has 3 N–H and O–H groups in total. The molecule has 0 fully saturated rings. The number of carboxylic acid groups (broad SMARTS) is 1. The van der Waals surface area contributed by atoms with Crippen LogP contribution >= 0.6 is 0 Å². The Bertz CT molecular complexity index is 601. The minimum atomic E-state index is -1.10. The van der Waals surface area contributed by atoms with Crippen molar-refractivity contribution in [1.82, 2.24) is 0 Å². The second-order valence-electron chi connectivity index (χ2n) is 3.42. The van der Waals surface area contributed by atoms with Crippen LogP contribution in [-0.4, -0.2) is 17.0 Å². The lowest BCUT2D eigenvalue weighted by molar-refractivity contribution is 0.0506. The fraction of sp³-hybridized carbons (Fsp3) is 0. The summed E-state index contributed by atoms with van der Waals surface area (Å²) in [5.41, 5.74) is 0.187. The molecule has 0 amide bonds. The highest BCUT2D eigenvalue weighted by Gasteiger charge is 2.16. The van der Waals surface area contributed by atoms with Crippen LogP contribution in [-0.2, 0) is 4.84 Å². The Morgan fingerprint density at radius 2 is 1.65 bits per heavy atom. The third-order valence-electron chi connectivity index (χ3n) is 2.46. The first-order valence-electron chi connectivity index (χ1n) is 4.81. The van der Waals surface area contributed by atoms with Gasteiger partial charge in [0.15, 0.2) is 0 Å².